The molecule has 0 N–H and O–H groups in total. The predicted molar refractivity (Wildman–Crippen MR) is 139 cm³/mol. The molecule has 0 spiro atoms. The summed E-state index contributed by atoms with van der Waals surface area (Å²) < 4.78 is 26.0. The fourth-order valence-electron chi connectivity index (χ4n) is 4.09. The van der Waals surface area contributed by atoms with Crippen LogP contribution in [0.3, 0.4) is 0 Å². The van der Waals surface area contributed by atoms with Crippen molar-refractivity contribution in [3.8, 4) is 11.5 Å². The molecule has 0 aliphatic carbocycles. The Kier molecular flexibility index (Phi) is 8.93. The van der Waals surface area contributed by atoms with E-state index in [2.05, 4.69) is 20.8 Å². The van der Waals surface area contributed by atoms with Crippen molar-refractivity contribution in [2.75, 3.05) is 13.2 Å². The third-order valence-corrected chi connectivity index (χ3v) is 9.49. The molecule has 2 unspecified atom stereocenters. The summed E-state index contributed by atoms with van der Waals surface area (Å²) >= 11 is 0. The average Bonchev–Trinajstić information content (AvgIpc) is 2.77. The molecule has 2 rings (SSSR count). The van der Waals surface area contributed by atoms with Crippen molar-refractivity contribution >= 4 is 18.2 Å². The molecular weight excluding hydrogens is 447 g/mol. The standard InChI is InChI=1S/C28H39O5P/c1-10-20(6)34(31,26(29)24-18(4)16-21(17-19(24)5)28(7,8)9)27(30)25-22(32-11-2)14-13-15-23(25)33-12-3/h13-17,20H,10-12H2,1-9H3. The van der Waals surface area contributed by atoms with E-state index >= 15 is 0 Å². The molecule has 0 bridgehead atoms. The number of rotatable bonds is 10. The Morgan fingerprint density at radius 1 is 0.882 bits per heavy atom. The van der Waals surface area contributed by atoms with Crippen LogP contribution in [0.15, 0.2) is 30.3 Å². The molecule has 2 aromatic carbocycles. The molecule has 0 aliphatic heterocycles. The fraction of sp³-hybridized carbons (Fsp3) is 0.500. The number of hydrogen-bond acceptors (Lipinski definition) is 5. The van der Waals surface area contributed by atoms with Crippen molar-refractivity contribution in [1.82, 2.24) is 0 Å². The van der Waals surface area contributed by atoms with Crippen LogP contribution in [0, 0.1) is 13.8 Å². The van der Waals surface area contributed by atoms with E-state index in [1.54, 1.807) is 25.1 Å². The normalized spacial score (nSPS) is 14.3. The van der Waals surface area contributed by atoms with Crippen LogP contribution in [-0.4, -0.2) is 29.9 Å². The lowest BCUT2D eigenvalue weighted by molar-refractivity contribution is 0.103. The number of carbonyl (C=O) groups excluding carboxylic acids is 2. The Balaban J connectivity index is 2.78. The SMILES string of the molecule is CCOc1cccc(OCC)c1C(=O)P(=O)(C(=O)c1c(C)cc(C(C)(C)C)cc1C)C(C)CC. The molecule has 0 heterocycles. The molecule has 186 valence electrons. The Hall–Kier alpha value is -2.39. The number of aryl methyl sites for hydroxylation is 2. The van der Waals surface area contributed by atoms with Gasteiger partial charge in [-0.15, -0.1) is 0 Å². The van der Waals surface area contributed by atoms with Crippen LogP contribution in [-0.2, 0) is 9.98 Å². The van der Waals surface area contributed by atoms with Gasteiger partial charge in [0.2, 0.25) is 18.2 Å². The monoisotopic (exact) mass is 486 g/mol. The van der Waals surface area contributed by atoms with Crippen LogP contribution in [0.25, 0.3) is 0 Å². The second-order valence-electron chi connectivity index (χ2n) is 9.76. The van der Waals surface area contributed by atoms with Gasteiger partial charge in [-0.2, -0.15) is 0 Å². The highest BCUT2D eigenvalue weighted by molar-refractivity contribution is 7.96. The molecule has 2 atom stereocenters. The van der Waals surface area contributed by atoms with Crippen molar-refractivity contribution in [3.05, 3.63) is 58.1 Å². The second-order valence-corrected chi connectivity index (χ2v) is 12.8. The Morgan fingerprint density at radius 2 is 1.32 bits per heavy atom. The quantitative estimate of drug-likeness (QED) is 0.324. The maximum Gasteiger partial charge on any atom is 0.236 e. The summed E-state index contributed by atoms with van der Waals surface area (Å²) in [6, 6.07) is 8.96. The average molecular weight is 487 g/mol. The van der Waals surface area contributed by atoms with E-state index in [0.717, 1.165) is 16.7 Å². The summed E-state index contributed by atoms with van der Waals surface area (Å²) in [4.78, 5) is 28.1. The molecular formula is C28H39O5P. The lowest BCUT2D eigenvalue weighted by Gasteiger charge is -2.26. The van der Waals surface area contributed by atoms with Gasteiger partial charge in [0.05, 0.1) is 13.2 Å². The van der Waals surface area contributed by atoms with Crippen LogP contribution in [0.2, 0.25) is 0 Å². The maximum atomic E-state index is 14.6. The topological polar surface area (TPSA) is 69.7 Å². The molecule has 0 radical (unpaired) electrons. The largest absolute Gasteiger partial charge is 0.493 e. The molecule has 6 heteroatoms. The first-order valence-corrected chi connectivity index (χ1v) is 13.8. The highest BCUT2D eigenvalue weighted by Crippen LogP contribution is 2.59. The Bertz CT molecular complexity index is 1060. The molecule has 0 fully saturated rings. The van der Waals surface area contributed by atoms with Crippen LogP contribution in [0.4, 0.5) is 0 Å². The third-order valence-electron chi connectivity index (χ3n) is 6.23. The van der Waals surface area contributed by atoms with Gasteiger partial charge in [0.25, 0.3) is 0 Å². The zero-order valence-corrected chi connectivity index (χ0v) is 23.0. The van der Waals surface area contributed by atoms with Crippen molar-refractivity contribution in [3.63, 3.8) is 0 Å². The second kappa shape index (κ2) is 10.9. The van der Waals surface area contributed by atoms with Gasteiger partial charge in [0, 0.05) is 11.2 Å². The van der Waals surface area contributed by atoms with E-state index in [9.17, 15) is 14.2 Å². The summed E-state index contributed by atoms with van der Waals surface area (Å²) in [6.07, 6.45) is 0.424. The van der Waals surface area contributed by atoms with Gasteiger partial charge in [-0.3, -0.25) is 9.59 Å². The number of carbonyl (C=O) groups is 2. The van der Waals surface area contributed by atoms with Gasteiger partial charge in [-0.05, 0) is 68.4 Å². The third kappa shape index (κ3) is 5.30. The summed E-state index contributed by atoms with van der Waals surface area (Å²) in [5.41, 5.74) is 0.997. The first-order chi connectivity index (χ1) is 15.8. The smallest absolute Gasteiger partial charge is 0.236 e. The van der Waals surface area contributed by atoms with E-state index in [1.165, 1.54) is 0 Å². The van der Waals surface area contributed by atoms with E-state index in [1.807, 2.05) is 46.8 Å². The minimum Gasteiger partial charge on any atom is -0.493 e. The lowest BCUT2D eigenvalue weighted by Crippen LogP contribution is -2.22. The first-order valence-electron chi connectivity index (χ1n) is 12.0. The van der Waals surface area contributed by atoms with E-state index < -0.39 is 23.8 Å². The molecule has 34 heavy (non-hydrogen) atoms. The minimum atomic E-state index is -4.08. The molecule has 0 aromatic heterocycles. The Labute approximate surface area is 204 Å². The first kappa shape index (κ1) is 27.9. The molecule has 0 saturated carbocycles. The highest BCUT2D eigenvalue weighted by Gasteiger charge is 2.47. The molecule has 5 nitrogen and oxygen atoms in total. The highest BCUT2D eigenvalue weighted by atomic mass is 31.2. The van der Waals surface area contributed by atoms with E-state index in [0.29, 0.717) is 25.2 Å². The van der Waals surface area contributed by atoms with Crippen LogP contribution in [0.1, 0.15) is 92.3 Å². The minimum absolute atomic E-state index is 0.0878. The molecule has 0 amide bonds. The summed E-state index contributed by atoms with van der Waals surface area (Å²) in [7, 11) is -4.08. The van der Waals surface area contributed by atoms with Gasteiger partial charge in [-0.25, -0.2) is 0 Å². The Morgan fingerprint density at radius 3 is 1.71 bits per heavy atom. The van der Waals surface area contributed by atoms with Gasteiger partial charge in [0.1, 0.15) is 17.1 Å². The number of hydrogen-bond donors (Lipinski definition) is 0. The lowest BCUT2D eigenvalue weighted by atomic mass is 9.84. The van der Waals surface area contributed by atoms with Crippen molar-refractivity contribution in [2.24, 2.45) is 0 Å². The molecule has 2 aromatic rings. The van der Waals surface area contributed by atoms with Gasteiger partial charge in [-0.1, -0.05) is 52.8 Å². The zero-order valence-electron chi connectivity index (χ0n) is 22.1. The van der Waals surface area contributed by atoms with Gasteiger partial charge >= 0.3 is 0 Å². The van der Waals surface area contributed by atoms with Crippen LogP contribution in [0.5, 0.6) is 11.5 Å². The summed E-state index contributed by atoms with van der Waals surface area (Å²) in [5, 5.41) is 0. The molecule has 0 aliphatic rings. The van der Waals surface area contributed by atoms with Crippen molar-refractivity contribution in [2.45, 2.75) is 79.8 Å². The summed E-state index contributed by atoms with van der Waals surface area (Å²) in [5.74, 6) is 0.567. The van der Waals surface area contributed by atoms with E-state index in [4.69, 9.17) is 9.47 Å². The molecule has 0 saturated heterocycles. The van der Waals surface area contributed by atoms with Crippen LogP contribution >= 0.6 is 7.14 Å². The maximum absolute atomic E-state index is 14.6. The van der Waals surface area contributed by atoms with Crippen molar-refractivity contribution in [1.29, 1.82) is 0 Å². The number of ether oxygens (including phenoxy) is 2. The zero-order chi connectivity index (χ0) is 25.8. The van der Waals surface area contributed by atoms with Crippen LogP contribution < -0.4 is 9.47 Å². The van der Waals surface area contributed by atoms with E-state index in [-0.39, 0.29) is 22.5 Å². The van der Waals surface area contributed by atoms with Gasteiger partial charge in [0.15, 0.2) is 0 Å². The predicted octanol–water partition coefficient (Wildman–Crippen LogP) is 7.54. The number of benzene rings is 2. The van der Waals surface area contributed by atoms with Crippen molar-refractivity contribution < 1.29 is 23.6 Å². The van der Waals surface area contributed by atoms with Gasteiger partial charge < -0.3 is 14.0 Å². The summed E-state index contributed by atoms with van der Waals surface area (Å²) in [6.45, 7) is 17.8. The fourth-order valence-corrected chi connectivity index (χ4v) is 6.83.